The lowest BCUT2D eigenvalue weighted by atomic mass is 9.94. The molecule has 0 radical (unpaired) electrons. The molecule has 14 rings (SSSR count). The fraction of sp³-hybridized carbons (Fsp3) is 0. The number of benzene rings is 11. The van der Waals surface area contributed by atoms with Gasteiger partial charge in [0.25, 0.3) is 0 Å². The van der Waals surface area contributed by atoms with Crippen molar-refractivity contribution in [3.63, 3.8) is 0 Å². The highest BCUT2D eigenvalue weighted by molar-refractivity contribution is 6.26. The first kappa shape index (κ1) is 32.8. The Labute approximate surface area is 348 Å². The van der Waals surface area contributed by atoms with Gasteiger partial charge in [-0.3, -0.25) is 0 Å². The van der Waals surface area contributed by atoms with Gasteiger partial charge in [0, 0.05) is 49.1 Å². The number of fused-ring (bicyclic) bond motifs is 15. The summed E-state index contributed by atoms with van der Waals surface area (Å²) in [5, 5.41) is 16.5. The number of furan rings is 2. The van der Waals surface area contributed by atoms with E-state index >= 15 is 0 Å². The first-order chi connectivity index (χ1) is 30.2. The van der Waals surface area contributed by atoms with Gasteiger partial charge in [0.2, 0.25) is 0 Å². The molecule has 3 nitrogen and oxygen atoms in total. The minimum atomic E-state index is 0.901. The van der Waals surface area contributed by atoms with Crippen LogP contribution in [-0.2, 0) is 0 Å². The zero-order valence-electron chi connectivity index (χ0n) is 32.8. The van der Waals surface area contributed by atoms with Crippen LogP contribution in [0.5, 0.6) is 0 Å². The smallest absolute Gasteiger partial charge is 0.143 e. The van der Waals surface area contributed by atoms with E-state index in [0.717, 1.165) is 82.9 Å². The summed E-state index contributed by atoms with van der Waals surface area (Å²) in [6, 6.07) is 72.6. The summed E-state index contributed by atoms with van der Waals surface area (Å²) in [5.74, 6) is 0. The second kappa shape index (κ2) is 12.2. The molecule has 14 aromatic rings. The van der Waals surface area contributed by atoms with E-state index in [4.69, 9.17) is 8.83 Å². The Bertz CT molecular complexity index is 3910. The highest BCUT2D eigenvalue weighted by Gasteiger charge is 2.22. The van der Waals surface area contributed by atoms with Crippen LogP contribution in [0.1, 0.15) is 0 Å². The molecule has 282 valence electrons. The van der Waals surface area contributed by atoms with Crippen molar-refractivity contribution in [1.29, 1.82) is 0 Å². The molecule has 0 fully saturated rings. The van der Waals surface area contributed by atoms with Crippen molar-refractivity contribution in [1.82, 2.24) is 4.57 Å². The van der Waals surface area contributed by atoms with Crippen molar-refractivity contribution in [2.75, 3.05) is 0 Å². The second-order valence-electron chi connectivity index (χ2n) is 16.4. The van der Waals surface area contributed by atoms with E-state index in [9.17, 15) is 0 Å². The predicted molar refractivity (Wildman–Crippen MR) is 256 cm³/mol. The summed E-state index contributed by atoms with van der Waals surface area (Å²) in [4.78, 5) is 0. The molecular weight excluding hydrogens is 743 g/mol. The van der Waals surface area contributed by atoms with Crippen LogP contribution in [0.2, 0.25) is 0 Å². The Hall–Kier alpha value is -8.14. The number of rotatable bonds is 3. The molecule has 0 saturated heterocycles. The lowest BCUT2D eigenvalue weighted by molar-refractivity contribution is 0.670. The van der Waals surface area contributed by atoms with Gasteiger partial charge in [0.15, 0.2) is 0 Å². The normalized spacial score (nSPS) is 12.3. The quantitative estimate of drug-likeness (QED) is 0.179. The number of hydrogen-bond donors (Lipinski definition) is 0. The van der Waals surface area contributed by atoms with Gasteiger partial charge in [0.1, 0.15) is 22.3 Å². The van der Waals surface area contributed by atoms with E-state index in [1.807, 2.05) is 0 Å². The average Bonchev–Trinajstić information content (AvgIpc) is 3.99. The van der Waals surface area contributed by atoms with E-state index in [1.54, 1.807) is 0 Å². The first-order valence-corrected chi connectivity index (χ1v) is 20.9. The van der Waals surface area contributed by atoms with Crippen LogP contribution in [0.3, 0.4) is 0 Å². The summed E-state index contributed by atoms with van der Waals surface area (Å²) in [6.45, 7) is 0. The molecule has 3 heterocycles. The molecule has 0 aliphatic carbocycles. The number of nitrogens with zero attached hydrogens (tertiary/aromatic N) is 1. The minimum Gasteiger partial charge on any atom is -0.455 e. The summed E-state index contributed by atoms with van der Waals surface area (Å²) < 4.78 is 16.2. The van der Waals surface area contributed by atoms with Crippen LogP contribution in [0.15, 0.2) is 209 Å². The second-order valence-corrected chi connectivity index (χ2v) is 16.4. The maximum Gasteiger partial charge on any atom is 0.143 e. The number of aromatic nitrogens is 1. The van der Waals surface area contributed by atoms with Crippen molar-refractivity contribution >= 4 is 109 Å². The van der Waals surface area contributed by atoms with Gasteiger partial charge in [0.05, 0.1) is 11.0 Å². The summed E-state index contributed by atoms with van der Waals surface area (Å²) in [6.07, 6.45) is 0. The summed E-state index contributed by atoms with van der Waals surface area (Å²) in [7, 11) is 0. The van der Waals surface area contributed by atoms with Gasteiger partial charge in [-0.15, -0.1) is 0 Å². The molecule has 11 aromatic carbocycles. The summed E-state index contributed by atoms with van der Waals surface area (Å²) >= 11 is 0. The fourth-order valence-corrected chi connectivity index (χ4v) is 10.3. The Morgan fingerprint density at radius 1 is 0.295 bits per heavy atom. The highest BCUT2D eigenvalue weighted by atomic mass is 16.3. The van der Waals surface area contributed by atoms with Gasteiger partial charge in [-0.2, -0.15) is 0 Å². The van der Waals surface area contributed by atoms with E-state index in [2.05, 4.69) is 205 Å². The van der Waals surface area contributed by atoms with Crippen LogP contribution < -0.4 is 0 Å². The lowest BCUT2D eigenvalue weighted by Crippen LogP contribution is -1.93. The average molecular weight is 776 g/mol. The van der Waals surface area contributed by atoms with E-state index in [1.165, 1.54) is 53.9 Å². The topological polar surface area (TPSA) is 31.2 Å². The van der Waals surface area contributed by atoms with Crippen molar-refractivity contribution < 1.29 is 8.83 Å². The number of para-hydroxylation sites is 1. The molecule has 0 N–H and O–H groups in total. The SMILES string of the molecule is c1ccc(-n2c3ccc(-c4cc5ccccc5c5c4oc4cc6ccccc6cc45)cc3c3cc(-c4cc5ccccc5c5c4oc4cc6ccccc6cc45)ccc32)cc1. The molecular formula is C58H33NO2. The number of hydrogen-bond acceptors (Lipinski definition) is 2. The first-order valence-electron chi connectivity index (χ1n) is 20.9. The monoisotopic (exact) mass is 775 g/mol. The van der Waals surface area contributed by atoms with Crippen LogP contribution in [0.25, 0.3) is 137 Å². The van der Waals surface area contributed by atoms with Crippen molar-refractivity contribution in [2.45, 2.75) is 0 Å². The third-order valence-electron chi connectivity index (χ3n) is 13.1. The van der Waals surface area contributed by atoms with Crippen LogP contribution in [0.4, 0.5) is 0 Å². The van der Waals surface area contributed by atoms with Gasteiger partial charge >= 0.3 is 0 Å². The Morgan fingerprint density at radius 3 is 1.18 bits per heavy atom. The van der Waals surface area contributed by atoms with Crippen molar-refractivity contribution in [3.05, 3.63) is 200 Å². The van der Waals surface area contributed by atoms with E-state index in [-0.39, 0.29) is 0 Å². The fourth-order valence-electron chi connectivity index (χ4n) is 10.3. The van der Waals surface area contributed by atoms with Gasteiger partial charge < -0.3 is 13.4 Å². The molecule has 0 amide bonds. The molecule has 0 saturated carbocycles. The standard InChI is InChI=1S/C58H33NO2/c1-2-18-42(19-3-1)59-51-24-22-40(45-28-38-16-8-10-20-43(38)55-49-26-34-12-4-6-14-36(34)32-53(49)60-57(45)55)30-47(51)48-31-41(23-25-52(48)59)46-29-39-17-9-11-21-44(39)56-50-27-35-13-5-7-15-37(35)33-54(50)61-58(46)56/h1-33H. The van der Waals surface area contributed by atoms with Gasteiger partial charge in [-0.25, -0.2) is 0 Å². The Kier molecular flexibility index (Phi) is 6.56. The molecule has 0 bridgehead atoms. The zero-order chi connectivity index (χ0) is 39.8. The van der Waals surface area contributed by atoms with E-state index < -0.39 is 0 Å². The lowest BCUT2D eigenvalue weighted by Gasteiger charge is -2.10. The molecule has 3 aromatic heterocycles. The Balaban J connectivity index is 1.05. The molecule has 0 spiro atoms. The van der Waals surface area contributed by atoms with E-state index in [0.29, 0.717) is 0 Å². The molecule has 3 heteroatoms. The molecule has 0 unspecified atom stereocenters. The maximum absolute atomic E-state index is 6.92. The zero-order valence-corrected chi connectivity index (χ0v) is 32.8. The van der Waals surface area contributed by atoms with Crippen LogP contribution >= 0.6 is 0 Å². The Morgan fingerprint density at radius 2 is 0.705 bits per heavy atom. The van der Waals surface area contributed by atoms with Crippen molar-refractivity contribution in [3.8, 4) is 27.9 Å². The predicted octanol–water partition coefficient (Wildman–Crippen LogP) is 16.5. The largest absolute Gasteiger partial charge is 0.455 e. The maximum atomic E-state index is 6.92. The molecule has 0 aliphatic heterocycles. The molecule has 0 atom stereocenters. The third-order valence-corrected chi connectivity index (χ3v) is 13.1. The van der Waals surface area contributed by atoms with Crippen molar-refractivity contribution in [2.24, 2.45) is 0 Å². The third kappa shape index (κ3) is 4.69. The van der Waals surface area contributed by atoms with Crippen LogP contribution in [0, 0.1) is 0 Å². The van der Waals surface area contributed by atoms with Gasteiger partial charge in [-0.05, 0) is 127 Å². The highest BCUT2D eigenvalue weighted by Crippen LogP contribution is 2.46. The minimum absolute atomic E-state index is 0.901. The summed E-state index contributed by atoms with van der Waals surface area (Å²) in [5.41, 5.74) is 11.4. The van der Waals surface area contributed by atoms with Gasteiger partial charge in [-0.1, -0.05) is 127 Å². The van der Waals surface area contributed by atoms with Crippen LogP contribution in [-0.4, -0.2) is 4.57 Å². The molecule has 61 heavy (non-hydrogen) atoms. The molecule has 0 aliphatic rings.